The molecular formula is C22H26N2O5. The van der Waals surface area contributed by atoms with E-state index in [4.69, 9.17) is 14.2 Å². The van der Waals surface area contributed by atoms with E-state index in [-0.39, 0.29) is 18.8 Å². The molecule has 5 rings (SSSR count). The number of nitrogens with zero attached hydrogens (tertiary/aromatic N) is 2. The fraction of sp³-hybridized carbons (Fsp3) is 0.500. The summed E-state index contributed by atoms with van der Waals surface area (Å²) in [4.78, 5) is 14.9. The molecular weight excluding hydrogens is 372 g/mol. The third kappa shape index (κ3) is 3.23. The number of likely N-dealkylation sites (tertiary alicyclic amines) is 1. The maximum absolute atomic E-state index is 13.0. The van der Waals surface area contributed by atoms with E-state index >= 15 is 0 Å². The van der Waals surface area contributed by atoms with Gasteiger partial charge < -0.3 is 28.8 Å². The minimum Gasteiger partial charge on any atom is -0.488 e. The summed E-state index contributed by atoms with van der Waals surface area (Å²) in [5, 5.41) is 10.7. The van der Waals surface area contributed by atoms with Gasteiger partial charge >= 0.3 is 0 Å². The van der Waals surface area contributed by atoms with Crippen molar-refractivity contribution in [3.05, 3.63) is 41.7 Å². The maximum Gasteiger partial charge on any atom is 0.255 e. The van der Waals surface area contributed by atoms with Crippen LogP contribution < -0.4 is 14.2 Å². The van der Waals surface area contributed by atoms with Gasteiger partial charge in [-0.05, 0) is 49.8 Å². The second-order valence-electron chi connectivity index (χ2n) is 8.37. The standard InChI is InChI=1S/C22H26N2O5/c1-13-17(5-6-23(13)2)22(26)24-10-14-7-18(25)20(8-15(14)11-24)29-16-3-4-19-21(9-16)28-12-27-19/h3-6,9,14-15,18,20,25H,7-8,10-12H2,1-2H3/t14-,15+,18+,20+/m0/s1. The number of aliphatic hydroxyl groups excluding tert-OH is 1. The summed E-state index contributed by atoms with van der Waals surface area (Å²) >= 11 is 0. The van der Waals surface area contributed by atoms with Crippen molar-refractivity contribution in [3.8, 4) is 17.2 Å². The van der Waals surface area contributed by atoms with Crippen molar-refractivity contribution >= 4 is 5.91 Å². The summed E-state index contributed by atoms with van der Waals surface area (Å²) < 4.78 is 18.8. The SMILES string of the molecule is Cc1c(C(=O)N2C[C@H]3C[C@@H](Oc4ccc5c(c4)OCO5)[C@H](O)C[C@H]3C2)ccn1C. The number of benzene rings is 1. The highest BCUT2D eigenvalue weighted by atomic mass is 16.7. The molecule has 2 fully saturated rings. The van der Waals surface area contributed by atoms with Crippen LogP contribution in [0.1, 0.15) is 28.9 Å². The molecule has 1 aromatic carbocycles. The number of hydrogen-bond acceptors (Lipinski definition) is 5. The van der Waals surface area contributed by atoms with Gasteiger partial charge in [0.2, 0.25) is 6.79 Å². The zero-order valence-corrected chi connectivity index (χ0v) is 16.7. The van der Waals surface area contributed by atoms with Crippen molar-refractivity contribution in [1.29, 1.82) is 0 Å². The van der Waals surface area contributed by atoms with Crippen molar-refractivity contribution in [1.82, 2.24) is 9.47 Å². The van der Waals surface area contributed by atoms with Crippen LogP contribution in [-0.2, 0) is 7.05 Å². The van der Waals surface area contributed by atoms with Gasteiger partial charge in [-0.3, -0.25) is 4.79 Å². The minimum absolute atomic E-state index is 0.0835. The average Bonchev–Trinajstić information content (AvgIpc) is 3.41. The Morgan fingerprint density at radius 3 is 2.66 bits per heavy atom. The molecule has 7 nitrogen and oxygen atoms in total. The quantitative estimate of drug-likeness (QED) is 0.859. The van der Waals surface area contributed by atoms with Crippen LogP contribution in [0.3, 0.4) is 0 Å². The molecule has 29 heavy (non-hydrogen) atoms. The molecule has 1 amide bonds. The van der Waals surface area contributed by atoms with Crippen molar-refractivity contribution in [2.24, 2.45) is 18.9 Å². The molecule has 0 unspecified atom stereocenters. The molecule has 2 aliphatic heterocycles. The van der Waals surface area contributed by atoms with E-state index < -0.39 is 6.10 Å². The average molecular weight is 398 g/mol. The third-order valence-corrected chi connectivity index (χ3v) is 6.62. The molecule has 0 bridgehead atoms. The van der Waals surface area contributed by atoms with Gasteiger partial charge in [-0.25, -0.2) is 0 Å². The molecule has 1 aromatic heterocycles. The van der Waals surface area contributed by atoms with Crippen molar-refractivity contribution in [3.63, 3.8) is 0 Å². The number of aromatic nitrogens is 1. The van der Waals surface area contributed by atoms with Crippen LogP contribution >= 0.6 is 0 Å². The predicted octanol–water partition coefficient (Wildman–Crippen LogP) is 2.35. The van der Waals surface area contributed by atoms with Crippen LogP contribution in [0.25, 0.3) is 0 Å². The summed E-state index contributed by atoms with van der Waals surface area (Å²) in [6.45, 7) is 3.60. The number of carbonyl (C=O) groups is 1. The molecule has 3 aliphatic rings. The monoisotopic (exact) mass is 398 g/mol. The van der Waals surface area contributed by atoms with Gasteiger partial charge in [-0.1, -0.05) is 0 Å². The number of aliphatic hydroxyl groups is 1. The number of amides is 1. The number of fused-ring (bicyclic) bond motifs is 2. The summed E-state index contributed by atoms with van der Waals surface area (Å²) in [7, 11) is 1.95. The van der Waals surface area contributed by atoms with Crippen LogP contribution in [-0.4, -0.2) is 52.6 Å². The topological polar surface area (TPSA) is 73.2 Å². The number of carbonyl (C=O) groups excluding carboxylic acids is 1. The smallest absolute Gasteiger partial charge is 0.255 e. The van der Waals surface area contributed by atoms with E-state index in [0.717, 1.165) is 17.7 Å². The van der Waals surface area contributed by atoms with Crippen LogP contribution in [0.15, 0.2) is 30.5 Å². The molecule has 1 aliphatic carbocycles. The lowest BCUT2D eigenvalue weighted by molar-refractivity contribution is -0.0232. The second-order valence-corrected chi connectivity index (χ2v) is 8.37. The first-order valence-corrected chi connectivity index (χ1v) is 10.1. The van der Waals surface area contributed by atoms with Gasteiger partial charge in [-0.2, -0.15) is 0 Å². The van der Waals surface area contributed by atoms with E-state index in [2.05, 4.69) is 0 Å². The fourth-order valence-corrected chi connectivity index (χ4v) is 4.81. The van der Waals surface area contributed by atoms with Crippen LogP contribution in [0, 0.1) is 18.8 Å². The summed E-state index contributed by atoms with van der Waals surface area (Å²) in [6, 6.07) is 7.37. The van der Waals surface area contributed by atoms with Gasteiger partial charge in [-0.15, -0.1) is 0 Å². The molecule has 4 atom stereocenters. The van der Waals surface area contributed by atoms with Crippen LogP contribution in [0.2, 0.25) is 0 Å². The third-order valence-electron chi connectivity index (χ3n) is 6.62. The lowest BCUT2D eigenvalue weighted by Crippen LogP contribution is -2.42. The lowest BCUT2D eigenvalue weighted by atomic mass is 9.78. The van der Waals surface area contributed by atoms with E-state index in [1.807, 2.05) is 53.9 Å². The normalized spacial score (nSPS) is 27.8. The highest BCUT2D eigenvalue weighted by Gasteiger charge is 2.44. The Labute approximate surface area is 169 Å². The zero-order chi connectivity index (χ0) is 20.1. The molecule has 1 saturated heterocycles. The Balaban J connectivity index is 1.26. The minimum atomic E-state index is -0.546. The van der Waals surface area contributed by atoms with Gasteiger partial charge in [0, 0.05) is 38.1 Å². The summed E-state index contributed by atoms with van der Waals surface area (Å²) in [5.74, 6) is 2.78. The van der Waals surface area contributed by atoms with Crippen LogP contribution in [0.4, 0.5) is 0 Å². The molecule has 1 N–H and O–H groups in total. The second kappa shape index (κ2) is 6.99. The van der Waals surface area contributed by atoms with Gasteiger partial charge in [0.25, 0.3) is 5.91 Å². The number of hydrogen-bond donors (Lipinski definition) is 1. The largest absolute Gasteiger partial charge is 0.488 e. The highest BCUT2D eigenvalue weighted by molar-refractivity contribution is 5.95. The predicted molar refractivity (Wildman–Crippen MR) is 105 cm³/mol. The molecule has 7 heteroatoms. The van der Waals surface area contributed by atoms with Gasteiger partial charge in [0.1, 0.15) is 11.9 Å². The van der Waals surface area contributed by atoms with Crippen molar-refractivity contribution in [2.45, 2.75) is 32.0 Å². The molecule has 3 heterocycles. The molecule has 1 saturated carbocycles. The Morgan fingerprint density at radius 2 is 1.90 bits per heavy atom. The molecule has 0 radical (unpaired) electrons. The number of aryl methyl sites for hydroxylation is 1. The van der Waals surface area contributed by atoms with E-state index in [1.54, 1.807) is 0 Å². The van der Waals surface area contributed by atoms with Crippen LogP contribution in [0.5, 0.6) is 17.2 Å². The zero-order valence-electron chi connectivity index (χ0n) is 16.7. The maximum atomic E-state index is 13.0. The highest BCUT2D eigenvalue weighted by Crippen LogP contribution is 2.40. The summed E-state index contributed by atoms with van der Waals surface area (Å²) in [5.41, 5.74) is 1.74. The van der Waals surface area contributed by atoms with E-state index in [0.29, 0.717) is 48.6 Å². The van der Waals surface area contributed by atoms with Crippen molar-refractivity contribution in [2.75, 3.05) is 19.9 Å². The van der Waals surface area contributed by atoms with E-state index in [9.17, 15) is 9.90 Å². The molecule has 2 aromatic rings. The first-order valence-electron chi connectivity index (χ1n) is 10.1. The summed E-state index contributed by atoms with van der Waals surface area (Å²) in [6.07, 6.45) is 2.47. The first kappa shape index (κ1) is 18.4. The number of rotatable bonds is 3. The van der Waals surface area contributed by atoms with E-state index in [1.165, 1.54) is 0 Å². The van der Waals surface area contributed by atoms with Crippen molar-refractivity contribution < 1.29 is 24.1 Å². The Bertz CT molecular complexity index is 939. The lowest BCUT2D eigenvalue weighted by Gasteiger charge is -2.35. The van der Waals surface area contributed by atoms with Gasteiger partial charge in [0.05, 0.1) is 11.7 Å². The number of ether oxygens (including phenoxy) is 3. The fourth-order valence-electron chi connectivity index (χ4n) is 4.81. The Morgan fingerprint density at radius 1 is 1.14 bits per heavy atom. The van der Waals surface area contributed by atoms with Gasteiger partial charge in [0.15, 0.2) is 11.5 Å². The Kier molecular flexibility index (Phi) is 4.42. The molecule has 154 valence electrons. The first-order chi connectivity index (χ1) is 14.0. The molecule has 0 spiro atoms. The Hall–Kier alpha value is -2.67.